The SMILES string of the molecule is CN1CC(n2cncc2CNC2CC2)CCC1=O. The van der Waals surface area contributed by atoms with Crippen molar-refractivity contribution in [1.29, 1.82) is 0 Å². The molecule has 98 valence electrons. The molecule has 1 aliphatic carbocycles. The van der Waals surface area contributed by atoms with Gasteiger partial charge in [-0.2, -0.15) is 0 Å². The lowest BCUT2D eigenvalue weighted by molar-refractivity contribution is -0.132. The second-order valence-corrected chi connectivity index (χ2v) is 5.41. The lowest BCUT2D eigenvalue weighted by atomic mass is 10.1. The number of rotatable bonds is 4. The van der Waals surface area contributed by atoms with Gasteiger partial charge >= 0.3 is 0 Å². The molecule has 0 bridgehead atoms. The minimum Gasteiger partial charge on any atom is -0.344 e. The zero-order valence-electron chi connectivity index (χ0n) is 10.8. The van der Waals surface area contributed by atoms with Gasteiger partial charge in [-0.3, -0.25) is 4.79 Å². The average Bonchev–Trinajstić information content (AvgIpc) is 3.08. The summed E-state index contributed by atoms with van der Waals surface area (Å²) in [6.07, 6.45) is 8.01. The summed E-state index contributed by atoms with van der Waals surface area (Å²) in [7, 11) is 1.88. The number of nitrogens with zero attached hydrogens (tertiary/aromatic N) is 3. The summed E-state index contributed by atoms with van der Waals surface area (Å²) < 4.78 is 2.23. The van der Waals surface area contributed by atoms with Crippen LogP contribution in [-0.2, 0) is 11.3 Å². The van der Waals surface area contributed by atoms with Crippen molar-refractivity contribution < 1.29 is 4.79 Å². The molecule has 18 heavy (non-hydrogen) atoms. The highest BCUT2D eigenvalue weighted by atomic mass is 16.2. The van der Waals surface area contributed by atoms with Crippen molar-refractivity contribution in [2.24, 2.45) is 0 Å². The van der Waals surface area contributed by atoms with E-state index in [2.05, 4.69) is 14.9 Å². The molecule has 0 aromatic carbocycles. The fourth-order valence-electron chi connectivity index (χ4n) is 2.55. The second-order valence-electron chi connectivity index (χ2n) is 5.41. The number of hydrogen-bond donors (Lipinski definition) is 1. The van der Waals surface area contributed by atoms with Gasteiger partial charge in [-0.15, -0.1) is 0 Å². The number of piperidine rings is 1. The number of aromatic nitrogens is 2. The third-order valence-corrected chi connectivity index (χ3v) is 3.89. The maximum atomic E-state index is 11.5. The summed E-state index contributed by atoms with van der Waals surface area (Å²) in [5.41, 5.74) is 1.23. The Morgan fingerprint density at radius 3 is 3.00 bits per heavy atom. The number of likely N-dealkylation sites (tertiary alicyclic amines) is 1. The predicted octanol–water partition coefficient (Wildman–Crippen LogP) is 0.928. The Hall–Kier alpha value is -1.36. The van der Waals surface area contributed by atoms with E-state index in [1.165, 1.54) is 18.5 Å². The lowest BCUT2D eigenvalue weighted by Crippen LogP contribution is -2.38. The van der Waals surface area contributed by atoms with Gasteiger partial charge in [-0.05, 0) is 19.3 Å². The van der Waals surface area contributed by atoms with E-state index in [1.807, 2.05) is 24.5 Å². The first-order chi connectivity index (χ1) is 8.74. The topological polar surface area (TPSA) is 50.2 Å². The van der Waals surface area contributed by atoms with E-state index in [-0.39, 0.29) is 5.91 Å². The Morgan fingerprint density at radius 1 is 1.44 bits per heavy atom. The smallest absolute Gasteiger partial charge is 0.222 e. The predicted molar refractivity (Wildman–Crippen MR) is 68.0 cm³/mol. The van der Waals surface area contributed by atoms with Crippen LogP contribution in [-0.4, -0.2) is 40.0 Å². The first-order valence-corrected chi connectivity index (χ1v) is 6.72. The highest BCUT2D eigenvalue weighted by Crippen LogP contribution is 2.24. The molecular weight excluding hydrogens is 228 g/mol. The van der Waals surface area contributed by atoms with E-state index < -0.39 is 0 Å². The van der Waals surface area contributed by atoms with Crippen LogP contribution in [0.3, 0.4) is 0 Å². The van der Waals surface area contributed by atoms with Crippen molar-refractivity contribution in [1.82, 2.24) is 19.8 Å². The van der Waals surface area contributed by atoms with Crippen molar-refractivity contribution in [3.05, 3.63) is 18.2 Å². The first-order valence-electron chi connectivity index (χ1n) is 6.72. The molecule has 1 aromatic heterocycles. The summed E-state index contributed by atoms with van der Waals surface area (Å²) in [6, 6.07) is 1.09. The summed E-state index contributed by atoms with van der Waals surface area (Å²) >= 11 is 0. The molecule has 0 spiro atoms. The largest absolute Gasteiger partial charge is 0.344 e. The van der Waals surface area contributed by atoms with E-state index in [4.69, 9.17) is 0 Å². The van der Waals surface area contributed by atoms with E-state index in [1.54, 1.807) is 0 Å². The zero-order chi connectivity index (χ0) is 12.5. The fraction of sp³-hybridized carbons (Fsp3) is 0.692. The van der Waals surface area contributed by atoms with Gasteiger partial charge in [0.1, 0.15) is 0 Å². The average molecular weight is 248 g/mol. The Balaban J connectivity index is 1.67. The van der Waals surface area contributed by atoms with Gasteiger partial charge in [-0.25, -0.2) is 4.98 Å². The number of nitrogens with one attached hydrogen (secondary N) is 1. The quantitative estimate of drug-likeness (QED) is 0.862. The highest BCUT2D eigenvalue weighted by molar-refractivity contribution is 5.76. The summed E-state index contributed by atoms with van der Waals surface area (Å²) in [5.74, 6) is 0.254. The molecule has 2 fully saturated rings. The Bertz CT molecular complexity index is 438. The van der Waals surface area contributed by atoms with Gasteiger partial charge in [0, 0.05) is 38.8 Å². The van der Waals surface area contributed by atoms with E-state index in [0.29, 0.717) is 18.5 Å². The number of carbonyl (C=O) groups is 1. The molecule has 1 atom stereocenters. The number of carbonyl (C=O) groups excluding carboxylic acids is 1. The monoisotopic (exact) mass is 248 g/mol. The van der Waals surface area contributed by atoms with E-state index >= 15 is 0 Å². The molecule has 1 aromatic rings. The third-order valence-electron chi connectivity index (χ3n) is 3.89. The summed E-state index contributed by atoms with van der Waals surface area (Å²) in [5, 5.41) is 3.52. The summed E-state index contributed by atoms with van der Waals surface area (Å²) in [6.45, 7) is 1.68. The molecule has 1 N–H and O–H groups in total. The molecule has 5 heteroatoms. The number of likely N-dealkylation sites (N-methyl/N-ethyl adjacent to an activating group) is 1. The fourth-order valence-corrected chi connectivity index (χ4v) is 2.55. The zero-order valence-corrected chi connectivity index (χ0v) is 10.8. The molecule has 3 rings (SSSR count). The molecular formula is C13H20N4O. The maximum Gasteiger partial charge on any atom is 0.222 e. The van der Waals surface area contributed by atoms with Crippen LogP contribution in [0.15, 0.2) is 12.5 Å². The molecule has 1 aliphatic heterocycles. The van der Waals surface area contributed by atoms with Crippen LogP contribution < -0.4 is 5.32 Å². The van der Waals surface area contributed by atoms with Crippen molar-refractivity contribution in [3.8, 4) is 0 Å². The van der Waals surface area contributed by atoms with E-state index in [0.717, 1.165) is 19.5 Å². The molecule has 0 radical (unpaired) electrons. The molecule has 2 heterocycles. The Morgan fingerprint density at radius 2 is 2.28 bits per heavy atom. The highest BCUT2D eigenvalue weighted by Gasteiger charge is 2.26. The van der Waals surface area contributed by atoms with Crippen LogP contribution in [0, 0.1) is 0 Å². The van der Waals surface area contributed by atoms with Crippen LogP contribution in [0.1, 0.15) is 37.4 Å². The lowest BCUT2D eigenvalue weighted by Gasteiger charge is -2.31. The molecule has 5 nitrogen and oxygen atoms in total. The Kier molecular flexibility index (Phi) is 3.07. The third kappa shape index (κ3) is 2.41. The van der Waals surface area contributed by atoms with Gasteiger partial charge in [0.25, 0.3) is 0 Å². The molecule has 2 aliphatic rings. The minimum absolute atomic E-state index is 0.254. The number of hydrogen-bond acceptors (Lipinski definition) is 3. The van der Waals surface area contributed by atoms with Crippen molar-refractivity contribution in [2.75, 3.05) is 13.6 Å². The van der Waals surface area contributed by atoms with Gasteiger partial charge in [-0.1, -0.05) is 0 Å². The van der Waals surface area contributed by atoms with Crippen molar-refractivity contribution >= 4 is 5.91 Å². The minimum atomic E-state index is 0.254. The van der Waals surface area contributed by atoms with Gasteiger partial charge in [0.2, 0.25) is 5.91 Å². The molecule has 1 saturated carbocycles. The number of amides is 1. The van der Waals surface area contributed by atoms with Gasteiger partial charge in [0.05, 0.1) is 18.1 Å². The van der Waals surface area contributed by atoms with Crippen molar-refractivity contribution in [3.63, 3.8) is 0 Å². The number of imidazole rings is 1. The van der Waals surface area contributed by atoms with E-state index in [9.17, 15) is 4.79 Å². The normalized spacial score (nSPS) is 24.6. The van der Waals surface area contributed by atoms with Crippen LogP contribution in [0.4, 0.5) is 0 Å². The van der Waals surface area contributed by atoms with Crippen LogP contribution >= 0.6 is 0 Å². The van der Waals surface area contributed by atoms with Crippen LogP contribution in [0.25, 0.3) is 0 Å². The molecule has 1 amide bonds. The summed E-state index contributed by atoms with van der Waals surface area (Å²) in [4.78, 5) is 17.6. The molecule has 1 unspecified atom stereocenters. The standard InChI is InChI=1S/C13H20N4O/c1-16-8-11(4-5-13(16)18)17-9-14-6-12(17)7-15-10-2-3-10/h6,9-11,15H,2-5,7-8H2,1H3. The first kappa shape index (κ1) is 11.7. The molecule has 1 saturated heterocycles. The van der Waals surface area contributed by atoms with Gasteiger partial charge < -0.3 is 14.8 Å². The Labute approximate surface area is 107 Å². The van der Waals surface area contributed by atoms with Gasteiger partial charge in [0.15, 0.2) is 0 Å². The van der Waals surface area contributed by atoms with Crippen molar-refractivity contribution in [2.45, 2.75) is 44.3 Å². The second kappa shape index (κ2) is 4.72. The van der Waals surface area contributed by atoms with Crippen LogP contribution in [0.2, 0.25) is 0 Å². The maximum absolute atomic E-state index is 11.5. The van der Waals surface area contributed by atoms with Crippen LogP contribution in [0.5, 0.6) is 0 Å².